The van der Waals surface area contributed by atoms with E-state index in [2.05, 4.69) is 31.3 Å². The van der Waals surface area contributed by atoms with Gasteiger partial charge in [-0.15, -0.1) is 0 Å². The Morgan fingerprint density at radius 1 is 1.17 bits per heavy atom. The summed E-state index contributed by atoms with van der Waals surface area (Å²) in [4.78, 5) is 25.8. The maximum absolute atomic E-state index is 12.6. The van der Waals surface area contributed by atoms with Gasteiger partial charge in [-0.05, 0) is 46.7 Å². The molecule has 158 valence electrons. The highest BCUT2D eigenvalue weighted by Crippen LogP contribution is 2.45. The normalized spacial score (nSPS) is 20.2. The van der Waals surface area contributed by atoms with Crippen LogP contribution >= 0.6 is 0 Å². The maximum Gasteiger partial charge on any atom is 0.335 e. The molecule has 0 aliphatic carbocycles. The Labute approximate surface area is 176 Å². The second-order valence-electron chi connectivity index (χ2n) is 8.83. The number of carboxylic acid groups (broad SMARTS) is 1. The molecule has 2 aromatic rings. The summed E-state index contributed by atoms with van der Waals surface area (Å²) in [6, 6.07) is 13.6. The van der Waals surface area contributed by atoms with Gasteiger partial charge in [0.25, 0.3) is 0 Å². The minimum absolute atomic E-state index is 0.0686. The molecular formula is C24H28N2O4. The minimum Gasteiger partial charge on any atom is -0.478 e. The Morgan fingerprint density at radius 3 is 2.67 bits per heavy atom. The van der Waals surface area contributed by atoms with Gasteiger partial charge >= 0.3 is 5.97 Å². The van der Waals surface area contributed by atoms with Gasteiger partial charge in [-0.2, -0.15) is 0 Å². The molecule has 6 heteroatoms. The predicted octanol–water partition coefficient (Wildman–Crippen LogP) is 3.52. The second-order valence-corrected chi connectivity index (χ2v) is 8.83. The molecule has 0 radical (unpaired) electrons. The largest absolute Gasteiger partial charge is 0.478 e. The van der Waals surface area contributed by atoms with Crippen LogP contribution in [0.4, 0.5) is 5.69 Å². The van der Waals surface area contributed by atoms with E-state index in [0.717, 1.165) is 28.8 Å². The van der Waals surface area contributed by atoms with E-state index >= 15 is 0 Å². The highest BCUT2D eigenvalue weighted by Gasteiger charge is 2.36. The number of hydrogen-bond donors (Lipinski definition) is 2. The monoisotopic (exact) mass is 408 g/mol. The Kier molecular flexibility index (Phi) is 5.52. The number of benzene rings is 2. The summed E-state index contributed by atoms with van der Waals surface area (Å²) in [5, 5.41) is 12.9. The highest BCUT2D eigenvalue weighted by atomic mass is 16.5. The molecule has 1 saturated heterocycles. The number of hydrogen-bond acceptors (Lipinski definition) is 4. The van der Waals surface area contributed by atoms with Crippen molar-refractivity contribution in [1.29, 1.82) is 0 Å². The van der Waals surface area contributed by atoms with Crippen LogP contribution in [0.5, 0.6) is 0 Å². The average molecular weight is 408 g/mol. The molecule has 1 unspecified atom stereocenters. The molecule has 2 aromatic carbocycles. The fraction of sp³-hybridized carbons (Fsp3) is 0.417. The lowest BCUT2D eigenvalue weighted by molar-refractivity contribution is -0.134. The van der Waals surface area contributed by atoms with Crippen molar-refractivity contribution in [2.75, 3.05) is 31.6 Å². The van der Waals surface area contributed by atoms with E-state index in [4.69, 9.17) is 4.74 Å². The SMILES string of the molecule is CC1(C)Cc2cc(C(=O)O)ccc2NC1c1cccc(CC(=O)N2CCOCC2)c1. The number of carboxylic acids is 1. The molecule has 0 saturated carbocycles. The van der Waals surface area contributed by atoms with Crippen molar-refractivity contribution in [3.05, 3.63) is 64.7 Å². The Bertz CT molecular complexity index is 963. The molecule has 1 amide bonds. The molecule has 1 fully saturated rings. The number of anilines is 1. The minimum atomic E-state index is -0.907. The third kappa shape index (κ3) is 4.19. The zero-order valence-electron chi connectivity index (χ0n) is 17.5. The van der Waals surface area contributed by atoms with Gasteiger partial charge < -0.3 is 20.1 Å². The molecule has 30 heavy (non-hydrogen) atoms. The molecule has 0 bridgehead atoms. The summed E-state index contributed by atoms with van der Waals surface area (Å²) in [5.41, 5.74) is 4.34. The molecule has 2 aliphatic heterocycles. The van der Waals surface area contributed by atoms with E-state index in [-0.39, 0.29) is 17.4 Å². The summed E-state index contributed by atoms with van der Waals surface area (Å²) in [6.07, 6.45) is 1.16. The van der Waals surface area contributed by atoms with Gasteiger partial charge in [-0.25, -0.2) is 4.79 Å². The topological polar surface area (TPSA) is 78.9 Å². The van der Waals surface area contributed by atoms with Crippen molar-refractivity contribution >= 4 is 17.6 Å². The predicted molar refractivity (Wildman–Crippen MR) is 115 cm³/mol. The van der Waals surface area contributed by atoms with Gasteiger partial charge in [0.1, 0.15) is 0 Å². The summed E-state index contributed by atoms with van der Waals surface area (Å²) in [6.45, 7) is 6.90. The average Bonchev–Trinajstić information content (AvgIpc) is 2.73. The van der Waals surface area contributed by atoms with E-state index in [0.29, 0.717) is 38.3 Å². The quantitative estimate of drug-likeness (QED) is 0.809. The Balaban J connectivity index is 1.55. The third-order valence-electron chi connectivity index (χ3n) is 6.08. The number of rotatable bonds is 4. The van der Waals surface area contributed by atoms with E-state index in [1.165, 1.54) is 0 Å². The van der Waals surface area contributed by atoms with Gasteiger partial charge in [0.15, 0.2) is 0 Å². The van der Waals surface area contributed by atoms with Gasteiger partial charge in [0.2, 0.25) is 5.91 Å². The molecule has 0 aromatic heterocycles. The number of fused-ring (bicyclic) bond motifs is 1. The van der Waals surface area contributed by atoms with Gasteiger partial charge in [-0.1, -0.05) is 38.1 Å². The number of aromatic carboxylic acids is 1. The van der Waals surface area contributed by atoms with E-state index in [9.17, 15) is 14.7 Å². The molecule has 2 N–H and O–H groups in total. The van der Waals surface area contributed by atoms with Crippen molar-refractivity contribution in [2.24, 2.45) is 5.41 Å². The molecule has 6 nitrogen and oxygen atoms in total. The molecule has 2 aliphatic rings. The van der Waals surface area contributed by atoms with E-state index in [1.807, 2.05) is 23.1 Å². The number of carbonyl (C=O) groups is 2. The van der Waals surface area contributed by atoms with Gasteiger partial charge in [0.05, 0.1) is 31.2 Å². The van der Waals surface area contributed by atoms with Crippen LogP contribution in [-0.4, -0.2) is 48.2 Å². The van der Waals surface area contributed by atoms with Gasteiger partial charge in [-0.3, -0.25) is 4.79 Å². The zero-order valence-corrected chi connectivity index (χ0v) is 17.5. The van der Waals surface area contributed by atoms with Crippen LogP contribution in [0.25, 0.3) is 0 Å². The number of nitrogens with one attached hydrogen (secondary N) is 1. The fourth-order valence-electron chi connectivity index (χ4n) is 4.47. The van der Waals surface area contributed by atoms with Crippen LogP contribution in [-0.2, 0) is 22.4 Å². The number of nitrogens with zero attached hydrogens (tertiary/aromatic N) is 1. The van der Waals surface area contributed by atoms with Crippen molar-refractivity contribution in [3.63, 3.8) is 0 Å². The Morgan fingerprint density at radius 2 is 1.93 bits per heavy atom. The standard InChI is InChI=1S/C24H28N2O4/c1-24(2)15-19-14-18(23(28)29)6-7-20(19)25-22(24)17-5-3-4-16(12-17)13-21(27)26-8-10-30-11-9-26/h3-7,12,14,22,25H,8-11,13,15H2,1-2H3,(H,28,29). The second kappa shape index (κ2) is 8.11. The first kappa shape index (κ1) is 20.4. The summed E-state index contributed by atoms with van der Waals surface area (Å²) in [5.74, 6) is -0.770. The van der Waals surface area contributed by atoms with Crippen molar-refractivity contribution < 1.29 is 19.4 Å². The van der Waals surface area contributed by atoms with Crippen LogP contribution in [0.15, 0.2) is 42.5 Å². The first-order valence-corrected chi connectivity index (χ1v) is 10.4. The smallest absolute Gasteiger partial charge is 0.335 e. The summed E-state index contributed by atoms with van der Waals surface area (Å²) < 4.78 is 5.34. The van der Waals surface area contributed by atoms with Crippen molar-refractivity contribution in [2.45, 2.75) is 32.7 Å². The third-order valence-corrected chi connectivity index (χ3v) is 6.08. The lowest BCUT2D eigenvalue weighted by Crippen LogP contribution is -2.41. The lowest BCUT2D eigenvalue weighted by atomic mass is 9.72. The van der Waals surface area contributed by atoms with Crippen molar-refractivity contribution in [1.82, 2.24) is 4.90 Å². The van der Waals surface area contributed by atoms with Crippen LogP contribution in [0.3, 0.4) is 0 Å². The molecule has 1 atom stereocenters. The lowest BCUT2D eigenvalue weighted by Gasteiger charge is -2.41. The number of morpholine rings is 1. The zero-order chi connectivity index (χ0) is 21.3. The Hall–Kier alpha value is -2.86. The van der Waals surface area contributed by atoms with Gasteiger partial charge in [0, 0.05) is 18.8 Å². The number of carbonyl (C=O) groups excluding carboxylic acids is 1. The highest BCUT2D eigenvalue weighted by molar-refractivity contribution is 5.88. The van der Waals surface area contributed by atoms with Crippen LogP contribution in [0, 0.1) is 5.41 Å². The van der Waals surface area contributed by atoms with E-state index < -0.39 is 5.97 Å². The summed E-state index contributed by atoms with van der Waals surface area (Å²) >= 11 is 0. The molecule has 2 heterocycles. The van der Waals surface area contributed by atoms with Crippen LogP contribution < -0.4 is 5.32 Å². The molecular weight excluding hydrogens is 380 g/mol. The van der Waals surface area contributed by atoms with Crippen LogP contribution in [0.2, 0.25) is 0 Å². The summed E-state index contributed by atoms with van der Waals surface area (Å²) in [7, 11) is 0. The molecule has 0 spiro atoms. The first-order valence-electron chi connectivity index (χ1n) is 10.4. The number of ether oxygens (including phenoxy) is 1. The maximum atomic E-state index is 12.6. The molecule has 4 rings (SSSR count). The fourth-order valence-corrected chi connectivity index (χ4v) is 4.47. The van der Waals surface area contributed by atoms with Crippen molar-refractivity contribution in [3.8, 4) is 0 Å². The van der Waals surface area contributed by atoms with E-state index in [1.54, 1.807) is 12.1 Å². The first-order chi connectivity index (χ1) is 14.3. The number of amides is 1. The van der Waals surface area contributed by atoms with Crippen LogP contribution in [0.1, 0.15) is 46.9 Å².